The fourth-order valence-electron chi connectivity index (χ4n) is 3.55. The summed E-state index contributed by atoms with van der Waals surface area (Å²) in [6.45, 7) is 0.892. The van der Waals surface area contributed by atoms with E-state index in [2.05, 4.69) is 6.07 Å². The van der Waals surface area contributed by atoms with E-state index in [1.807, 2.05) is 4.90 Å². The van der Waals surface area contributed by atoms with Gasteiger partial charge in [0.2, 0.25) is 0 Å². The van der Waals surface area contributed by atoms with Crippen LogP contribution in [0.4, 0.5) is 0 Å². The van der Waals surface area contributed by atoms with Crippen molar-refractivity contribution >= 4 is 17.2 Å². The summed E-state index contributed by atoms with van der Waals surface area (Å²) in [5.74, 6) is 0.147. The van der Waals surface area contributed by atoms with Gasteiger partial charge in [-0.15, -0.1) is 11.3 Å². The number of amides is 1. The molecule has 0 bridgehead atoms. The largest absolute Gasteiger partial charge is 0.394 e. The maximum absolute atomic E-state index is 12.9. The number of hydrogen-bond acceptors (Lipinski definition) is 3. The van der Waals surface area contributed by atoms with E-state index in [4.69, 9.17) is 0 Å². The van der Waals surface area contributed by atoms with Crippen LogP contribution in [0.15, 0.2) is 6.07 Å². The van der Waals surface area contributed by atoms with Crippen LogP contribution >= 0.6 is 11.3 Å². The van der Waals surface area contributed by atoms with Crippen molar-refractivity contribution in [1.29, 1.82) is 0 Å². The average molecular weight is 307 g/mol. The normalized spacial score (nSPS) is 23.3. The molecular weight excluding hydrogens is 282 g/mol. The van der Waals surface area contributed by atoms with E-state index in [1.165, 1.54) is 36.1 Å². The Morgan fingerprint density at radius 3 is 2.86 bits per heavy atom. The van der Waals surface area contributed by atoms with Crippen molar-refractivity contribution in [3.63, 3.8) is 0 Å². The number of aliphatic hydroxyl groups excluding tert-OH is 1. The number of rotatable bonds is 2. The van der Waals surface area contributed by atoms with E-state index < -0.39 is 0 Å². The number of aliphatic hydroxyl groups is 1. The lowest BCUT2D eigenvalue weighted by Crippen LogP contribution is -2.41. The van der Waals surface area contributed by atoms with Crippen molar-refractivity contribution in [3.8, 4) is 0 Å². The Hall–Kier alpha value is -0.870. The molecule has 4 heteroatoms. The maximum atomic E-state index is 12.9. The smallest absolute Gasteiger partial charge is 0.264 e. The standard InChI is InChI=1S/C17H25NO2S/c19-12-14-8-4-2-6-10-18(14)17(20)16-11-13-7-3-1-5-9-15(13)21-16/h11,14,19H,1-10,12H2. The molecule has 2 heterocycles. The Labute approximate surface area is 131 Å². The third-order valence-electron chi connectivity index (χ3n) is 4.81. The molecule has 2 aliphatic rings. The first-order valence-corrected chi connectivity index (χ1v) is 9.14. The quantitative estimate of drug-likeness (QED) is 0.851. The monoisotopic (exact) mass is 307 g/mol. The third kappa shape index (κ3) is 3.32. The van der Waals surface area contributed by atoms with Crippen molar-refractivity contribution in [2.24, 2.45) is 0 Å². The molecule has 1 aromatic heterocycles. The molecular formula is C17H25NO2S. The Morgan fingerprint density at radius 1 is 1.19 bits per heavy atom. The minimum Gasteiger partial charge on any atom is -0.394 e. The molecule has 1 aliphatic heterocycles. The molecule has 1 saturated heterocycles. The second-order valence-corrected chi connectivity index (χ2v) is 7.44. The molecule has 1 atom stereocenters. The van der Waals surface area contributed by atoms with Crippen LogP contribution in [0.2, 0.25) is 0 Å². The number of carbonyl (C=O) groups excluding carboxylic acids is 1. The zero-order valence-corrected chi connectivity index (χ0v) is 13.5. The number of thiophene rings is 1. The summed E-state index contributed by atoms with van der Waals surface area (Å²) in [5.41, 5.74) is 1.40. The van der Waals surface area contributed by atoms with E-state index in [0.717, 1.165) is 43.5 Å². The highest BCUT2D eigenvalue weighted by molar-refractivity contribution is 7.14. The highest BCUT2D eigenvalue weighted by Gasteiger charge is 2.27. The molecule has 3 nitrogen and oxygen atoms in total. The second-order valence-electron chi connectivity index (χ2n) is 6.30. The Bertz CT molecular complexity index is 473. The fraction of sp³-hybridized carbons (Fsp3) is 0.706. The van der Waals surface area contributed by atoms with E-state index >= 15 is 0 Å². The number of fused-ring (bicyclic) bond motifs is 1. The number of nitrogens with zero attached hydrogens (tertiary/aromatic N) is 1. The van der Waals surface area contributed by atoms with Gasteiger partial charge in [-0.2, -0.15) is 0 Å². The van der Waals surface area contributed by atoms with E-state index in [-0.39, 0.29) is 18.6 Å². The Morgan fingerprint density at radius 2 is 2.00 bits per heavy atom. The number of aryl methyl sites for hydroxylation is 2. The van der Waals surface area contributed by atoms with Crippen LogP contribution < -0.4 is 0 Å². The zero-order valence-electron chi connectivity index (χ0n) is 12.6. The van der Waals surface area contributed by atoms with Gasteiger partial charge in [0.05, 0.1) is 17.5 Å². The van der Waals surface area contributed by atoms with Crippen molar-refractivity contribution in [3.05, 3.63) is 21.4 Å². The van der Waals surface area contributed by atoms with Crippen LogP contribution in [0.3, 0.4) is 0 Å². The maximum Gasteiger partial charge on any atom is 0.264 e. The van der Waals surface area contributed by atoms with Gasteiger partial charge in [-0.3, -0.25) is 4.79 Å². The van der Waals surface area contributed by atoms with Crippen LogP contribution in [0.25, 0.3) is 0 Å². The van der Waals surface area contributed by atoms with Crippen LogP contribution in [-0.2, 0) is 12.8 Å². The minimum atomic E-state index is 0.0157. The Kier molecular flexibility index (Phi) is 4.96. The molecule has 1 N–H and O–H groups in total. The van der Waals surface area contributed by atoms with Crippen molar-refractivity contribution in [2.75, 3.05) is 13.2 Å². The minimum absolute atomic E-state index is 0.0157. The van der Waals surface area contributed by atoms with Gasteiger partial charge in [0, 0.05) is 11.4 Å². The first kappa shape index (κ1) is 15.0. The molecule has 1 aliphatic carbocycles. The molecule has 0 aromatic carbocycles. The lowest BCUT2D eigenvalue weighted by Gasteiger charge is -2.28. The second kappa shape index (κ2) is 6.93. The molecule has 1 aromatic rings. The fourth-order valence-corrected chi connectivity index (χ4v) is 4.76. The first-order valence-electron chi connectivity index (χ1n) is 8.33. The predicted molar refractivity (Wildman–Crippen MR) is 86.0 cm³/mol. The average Bonchev–Trinajstić information content (AvgIpc) is 2.69. The molecule has 21 heavy (non-hydrogen) atoms. The summed E-state index contributed by atoms with van der Waals surface area (Å²) in [4.78, 5) is 17.1. The van der Waals surface area contributed by atoms with Crippen molar-refractivity contribution < 1.29 is 9.90 Å². The third-order valence-corrected chi connectivity index (χ3v) is 6.03. The molecule has 0 radical (unpaired) electrons. The SMILES string of the molecule is O=C(c1cc2c(s1)CCCCC2)N1CCCCCC1CO. The molecule has 3 rings (SSSR count). The van der Waals surface area contributed by atoms with Gasteiger partial charge in [0.25, 0.3) is 5.91 Å². The van der Waals surface area contributed by atoms with Gasteiger partial charge in [-0.25, -0.2) is 0 Å². The summed E-state index contributed by atoms with van der Waals surface area (Å²) in [7, 11) is 0. The Balaban J connectivity index is 1.80. The summed E-state index contributed by atoms with van der Waals surface area (Å²) in [5, 5.41) is 9.59. The highest BCUT2D eigenvalue weighted by atomic mass is 32.1. The van der Waals surface area contributed by atoms with Crippen LogP contribution in [-0.4, -0.2) is 35.1 Å². The predicted octanol–water partition coefficient (Wildman–Crippen LogP) is 3.39. The topological polar surface area (TPSA) is 40.5 Å². The summed E-state index contributed by atoms with van der Waals surface area (Å²) < 4.78 is 0. The summed E-state index contributed by atoms with van der Waals surface area (Å²) >= 11 is 1.70. The summed E-state index contributed by atoms with van der Waals surface area (Å²) in [6, 6.07) is 2.15. The van der Waals surface area contributed by atoms with Gasteiger partial charge in [-0.05, 0) is 50.2 Å². The van der Waals surface area contributed by atoms with Crippen LogP contribution in [0, 0.1) is 0 Å². The lowest BCUT2D eigenvalue weighted by atomic mass is 10.1. The first-order chi connectivity index (χ1) is 10.3. The molecule has 0 spiro atoms. The molecule has 1 fully saturated rings. The number of likely N-dealkylation sites (tertiary alicyclic amines) is 1. The van der Waals surface area contributed by atoms with Crippen molar-refractivity contribution in [2.45, 2.75) is 63.8 Å². The van der Waals surface area contributed by atoms with Crippen molar-refractivity contribution in [1.82, 2.24) is 4.90 Å². The summed E-state index contributed by atoms with van der Waals surface area (Å²) in [6.07, 6.45) is 10.4. The van der Waals surface area contributed by atoms with Gasteiger partial charge < -0.3 is 10.0 Å². The molecule has 0 saturated carbocycles. The van der Waals surface area contributed by atoms with Crippen LogP contribution in [0.5, 0.6) is 0 Å². The molecule has 1 unspecified atom stereocenters. The van der Waals surface area contributed by atoms with Gasteiger partial charge in [0.1, 0.15) is 0 Å². The van der Waals surface area contributed by atoms with E-state index in [9.17, 15) is 9.90 Å². The van der Waals surface area contributed by atoms with Gasteiger partial charge in [-0.1, -0.05) is 19.3 Å². The molecule has 116 valence electrons. The zero-order chi connectivity index (χ0) is 14.7. The van der Waals surface area contributed by atoms with E-state index in [0.29, 0.717) is 0 Å². The highest BCUT2D eigenvalue weighted by Crippen LogP contribution is 2.30. The van der Waals surface area contributed by atoms with Gasteiger partial charge >= 0.3 is 0 Å². The number of hydrogen-bond donors (Lipinski definition) is 1. The molecule has 1 amide bonds. The number of carbonyl (C=O) groups is 1. The van der Waals surface area contributed by atoms with Gasteiger partial charge in [0.15, 0.2) is 0 Å². The van der Waals surface area contributed by atoms with E-state index in [1.54, 1.807) is 11.3 Å². The van der Waals surface area contributed by atoms with Crippen LogP contribution in [0.1, 0.15) is 65.1 Å². The lowest BCUT2D eigenvalue weighted by molar-refractivity contribution is 0.0604.